The van der Waals surface area contributed by atoms with Gasteiger partial charge in [-0.2, -0.15) is 0 Å². The van der Waals surface area contributed by atoms with Gasteiger partial charge < -0.3 is 26.0 Å². The Balaban J connectivity index is 1.72. The van der Waals surface area contributed by atoms with Gasteiger partial charge in [0.1, 0.15) is 9.88 Å². The number of hydrogen-bond acceptors (Lipinski definition) is 9. The smallest absolute Gasteiger partial charge is 0.273 e. The molecule has 188 valence electrons. The third-order valence-corrected chi connectivity index (χ3v) is 6.57. The molecule has 2 aromatic heterocycles. The molecule has 0 radical (unpaired) electrons. The van der Waals surface area contributed by atoms with Gasteiger partial charge in [0.15, 0.2) is 17.3 Å². The molecule has 3 aromatic rings. The first-order valence-corrected chi connectivity index (χ1v) is 12.0. The fourth-order valence-electron chi connectivity index (χ4n) is 3.48. The Labute approximate surface area is 216 Å². The van der Waals surface area contributed by atoms with E-state index in [4.69, 9.17) is 8.85 Å². The van der Waals surface area contributed by atoms with E-state index in [1.165, 1.54) is 24.5 Å². The maximum Gasteiger partial charge on any atom is 0.273 e. The number of nitrogens with zero attached hydrogens (tertiary/aromatic N) is 3. The number of aromatic nitrogens is 3. The van der Waals surface area contributed by atoms with E-state index in [0.717, 1.165) is 12.8 Å². The molecule has 12 heteroatoms. The van der Waals surface area contributed by atoms with Crippen LogP contribution in [-0.2, 0) is 4.79 Å². The molecular formula is C24H27N7O4S. The Morgan fingerprint density at radius 1 is 1.19 bits per heavy atom. The number of nitrogens with one attached hydrogen (secondary N) is 4. The fraction of sp³-hybridized carbons (Fsp3) is 0.333. The zero-order valence-corrected chi connectivity index (χ0v) is 20.7. The van der Waals surface area contributed by atoms with Crippen LogP contribution < -0.4 is 26.0 Å². The Hall–Kier alpha value is -4.06. The Kier molecular flexibility index (Phi) is 6.31. The number of methoxy groups -OCH3 is 1. The van der Waals surface area contributed by atoms with Gasteiger partial charge in [-0.05, 0) is 38.8 Å². The molecule has 4 rings (SSSR count). The lowest BCUT2D eigenvalue weighted by Crippen LogP contribution is -2.22. The second-order valence-corrected chi connectivity index (χ2v) is 9.01. The van der Waals surface area contributed by atoms with E-state index in [9.17, 15) is 14.4 Å². The van der Waals surface area contributed by atoms with E-state index >= 15 is 0 Å². The first-order valence-electron chi connectivity index (χ1n) is 12.7. The van der Waals surface area contributed by atoms with Gasteiger partial charge in [-0.3, -0.25) is 14.4 Å². The molecule has 0 atom stereocenters. The molecule has 1 fully saturated rings. The van der Waals surface area contributed by atoms with Crippen LogP contribution in [0.2, 0.25) is 0 Å². The number of rotatable bonds is 9. The van der Waals surface area contributed by atoms with Crippen LogP contribution in [0.4, 0.5) is 17.2 Å². The molecule has 0 bridgehead atoms. The summed E-state index contributed by atoms with van der Waals surface area (Å²) in [5, 5.41) is 18.7. The molecule has 0 saturated heterocycles. The number of benzene rings is 1. The zero-order chi connectivity index (χ0) is 28.3. The molecule has 4 N–H and O–H groups in total. The summed E-state index contributed by atoms with van der Waals surface area (Å²) in [6, 6.07) is 6.59. The van der Waals surface area contributed by atoms with Gasteiger partial charge in [0.05, 0.1) is 29.7 Å². The standard InChI is InChI=1S/C24H27N7O4S/c1-5-26-23(34)20-12(2)27-24(36-20)14-7-6-8-15(19(14)35-4)28-16-11-17(29-21(32)13-9-10-13)30-31-18(16)22(33)25-3/h6-8,11,13H,5,9-10H2,1-4H3,(H,25,33)(H,26,34)(H2,28,29,30,32)/i3D3. The van der Waals surface area contributed by atoms with Crippen molar-refractivity contribution in [1.82, 2.24) is 25.8 Å². The van der Waals surface area contributed by atoms with Crippen LogP contribution in [0.15, 0.2) is 24.3 Å². The first kappa shape index (κ1) is 21.2. The van der Waals surface area contributed by atoms with Crippen LogP contribution in [0, 0.1) is 12.8 Å². The van der Waals surface area contributed by atoms with Crippen molar-refractivity contribution in [3.8, 4) is 16.3 Å². The molecule has 0 spiro atoms. The Morgan fingerprint density at radius 3 is 2.69 bits per heavy atom. The number of thiazole rings is 1. The number of aryl methyl sites for hydroxylation is 1. The summed E-state index contributed by atoms with van der Waals surface area (Å²) < 4.78 is 27.8. The van der Waals surface area contributed by atoms with E-state index in [1.54, 1.807) is 25.1 Å². The van der Waals surface area contributed by atoms with Crippen LogP contribution in [0.1, 0.15) is 49.7 Å². The molecule has 36 heavy (non-hydrogen) atoms. The zero-order valence-electron chi connectivity index (χ0n) is 22.9. The number of carbonyl (C=O) groups is 3. The lowest BCUT2D eigenvalue weighted by atomic mass is 10.1. The van der Waals surface area contributed by atoms with Crippen molar-refractivity contribution in [2.75, 3.05) is 31.3 Å². The van der Waals surface area contributed by atoms with Crippen molar-refractivity contribution < 1.29 is 23.2 Å². The number of hydrogen-bond donors (Lipinski definition) is 4. The molecule has 1 saturated carbocycles. The van der Waals surface area contributed by atoms with Crippen molar-refractivity contribution in [2.24, 2.45) is 5.92 Å². The highest BCUT2D eigenvalue weighted by molar-refractivity contribution is 7.17. The summed E-state index contributed by atoms with van der Waals surface area (Å²) >= 11 is 1.21. The largest absolute Gasteiger partial charge is 0.494 e. The van der Waals surface area contributed by atoms with E-state index in [-0.39, 0.29) is 34.9 Å². The number of carbonyl (C=O) groups excluding carboxylic acids is 3. The molecule has 1 aliphatic rings. The average molecular weight is 513 g/mol. The Bertz CT molecular complexity index is 1420. The number of anilines is 3. The summed E-state index contributed by atoms with van der Waals surface area (Å²) in [6.45, 7) is 1.30. The molecule has 0 aliphatic heterocycles. The van der Waals surface area contributed by atoms with Crippen molar-refractivity contribution in [1.29, 1.82) is 0 Å². The normalized spacial score (nSPS) is 14.1. The lowest BCUT2D eigenvalue weighted by Gasteiger charge is -2.16. The monoisotopic (exact) mass is 512 g/mol. The van der Waals surface area contributed by atoms with Gasteiger partial charge in [-0.25, -0.2) is 4.98 Å². The van der Waals surface area contributed by atoms with Crippen molar-refractivity contribution in [3.63, 3.8) is 0 Å². The van der Waals surface area contributed by atoms with Crippen molar-refractivity contribution in [3.05, 3.63) is 40.5 Å². The van der Waals surface area contributed by atoms with E-state index in [1.807, 2.05) is 12.2 Å². The number of amides is 3. The number of ether oxygens (including phenoxy) is 1. The highest BCUT2D eigenvalue weighted by atomic mass is 32.1. The van der Waals surface area contributed by atoms with Crippen LogP contribution in [0.5, 0.6) is 5.75 Å². The van der Waals surface area contributed by atoms with Crippen LogP contribution in [-0.4, -0.2) is 53.5 Å². The highest BCUT2D eigenvalue weighted by Gasteiger charge is 2.30. The predicted molar refractivity (Wildman–Crippen MR) is 137 cm³/mol. The van der Waals surface area contributed by atoms with Gasteiger partial charge in [-0.15, -0.1) is 21.5 Å². The summed E-state index contributed by atoms with van der Waals surface area (Å²) in [7, 11) is 1.46. The third kappa shape index (κ3) is 5.28. The molecule has 3 amide bonds. The van der Waals surface area contributed by atoms with E-state index in [2.05, 4.69) is 31.1 Å². The summed E-state index contributed by atoms with van der Waals surface area (Å²) in [5.74, 6) is -1.06. The first-order chi connectivity index (χ1) is 18.5. The third-order valence-electron chi connectivity index (χ3n) is 5.38. The molecule has 1 aliphatic carbocycles. The van der Waals surface area contributed by atoms with Gasteiger partial charge in [0, 0.05) is 29.6 Å². The molecular weight excluding hydrogens is 482 g/mol. The fourth-order valence-corrected chi connectivity index (χ4v) is 4.49. The Morgan fingerprint density at radius 2 is 2.00 bits per heavy atom. The van der Waals surface area contributed by atoms with Gasteiger partial charge >= 0.3 is 0 Å². The van der Waals surface area contributed by atoms with Crippen LogP contribution in [0.25, 0.3) is 10.6 Å². The molecule has 0 unspecified atom stereocenters. The summed E-state index contributed by atoms with van der Waals surface area (Å²) in [5.41, 5.74) is 1.35. The summed E-state index contributed by atoms with van der Waals surface area (Å²) in [6.07, 6.45) is 1.57. The maximum atomic E-state index is 12.7. The topological polar surface area (TPSA) is 147 Å². The van der Waals surface area contributed by atoms with Gasteiger partial charge in [0.25, 0.3) is 11.8 Å². The molecule has 11 nitrogen and oxygen atoms in total. The minimum absolute atomic E-state index is 0.0895. The van der Waals surface area contributed by atoms with Gasteiger partial charge in [-0.1, -0.05) is 6.07 Å². The second kappa shape index (κ2) is 10.7. The number of para-hydroxylation sites is 1. The van der Waals surface area contributed by atoms with Crippen molar-refractivity contribution in [2.45, 2.75) is 26.7 Å². The minimum atomic E-state index is -2.75. The van der Waals surface area contributed by atoms with E-state index in [0.29, 0.717) is 39.1 Å². The average Bonchev–Trinajstić information content (AvgIpc) is 3.65. The van der Waals surface area contributed by atoms with E-state index < -0.39 is 12.9 Å². The maximum absolute atomic E-state index is 12.7. The SMILES string of the molecule is [2H]C([2H])([2H])NC(=O)c1nnc(NC(=O)C2CC2)cc1Nc1cccc(-c2nc(C)c(C(=O)NCC)s2)c1OC. The highest BCUT2D eigenvalue weighted by Crippen LogP contribution is 2.40. The molecule has 1 aromatic carbocycles. The predicted octanol–water partition coefficient (Wildman–Crippen LogP) is 3.12. The van der Waals surface area contributed by atoms with Crippen LogP contribution >= 0.6 is 11.3 Å². The minimum Gasteiger partial charge on any atom is -0.494 e. The lowest BCUT2D eigenvalue weighted by molar-refractivity contribution is -0.117. The van der Waals surface area contributed by atoms with Crippen molar-refractivity contribution >= 4 is 46.3 Å². The van der Waals surface area contributed by atoms with Gasteiger partial charge in [0.2, 0.25) is 5.91 Å². The molecule has 2 heterocycles. The summed E-state index contributed by atoms with van der Waals surface area (Å²) in [4.78, 5) is 42.5. The quantitative estimate of drug-likeness (QED) is 0.342. The second-order valence-electron chi connectivity index (χ2n) is 8.01. The van der Waals surface area contributed by atoms with Crippen LogP contribution in [0.3, 0.4) is 0 Å².